The predicted molar refractivity (Wildman–Crippen MR) is 96.1 cm³/mol. The van der Waals surface area contributed by atoms with Crippen molar-refractivity contribution in [2.45, 2.75) is 13.3 Å². The summed E-state index contributed by atoms with van der Waals surface area (Å²) in [6, 6.07) is 12.7. The number of ether oxygens (including phenoxy) is 2. The standard InChI is InChI=1S/C19H22N2O4/c1-13-5-4-6-15(9-13)21-19(23)12-20-18(22)11-14-7-8-16(24-2)17(10-14)25-3/h4-10H,11-12H2,1-3H3,(H,20,22)(H,21,23). The van der Waals surface area contributed by atoms with Gasteiger partial charge in [0.05, 0.1) is 27.2 Å². The molecule has 0 aliphatic rings. The van der Waals surface area contributed by atoms with Crippen molar-refractivity contribution in [1.82, 2.24) is 5.32 Å². The number of amides is 2. The first kappa shape index (κ1) is 18.3. The van der Waals surface area contributed by atoms with Crippen LogP contribution in [0.25, 0.3) is 0 Å². The lowest BCUT2D eigenvalue weighted by atomic mass is 10.1. The maximum atomic E-state index is 12.0. The van der Waals surface area contributed by atoms with Gasteiger partial charge in [-0.05, 0) is 42.3 Å². The fraction of sp³-hybridized carbons (Fsp3) is 0.263. The Morgan fingerprint density at radius 1 is 0.960 bits per heavy atom. The molecule has 0 aliphatic heterocycles. The molecule has 0 fully saturated rings. The van der Waals surface area contributed by atoms with E-state index in [0.717, 1.165) is 11.1 Å². The number of aryl methyl sites for hydroxylation is 1. The molecule has 0 unspecified atom stereocenters. The van der Waals surface area contributed by atoms with Crippen LogP contribution in [0.5, 0.6) is 11.5 Å². The van der Waals surface area contributed by atoms with Crippen LogP contribution in [0.4, 0.5) is 5.69 Å². The molecule has 6 nitrogen and oxygen atoms in total. The minimum Gasteiger partial charge on any atom is -0.493 e. The lowest BCUT2D eigenvalue weighted by molar-refractivity contribution is -0.123. The first-order chi connectivity index (χ1) is 12.0. The smallest absolute Gasteiger partial charge is 0.243 e. The van der Waals surface area contributed by atoms with E-state index in [2.05, 4.69) is 10.6 Å². The van der Waals surface area contributed by atoms with E-state index in [9.17, 15) is 9.59 Å². The van der Waals surface area contributed by atoms with Gasteiger partial charge in [0.1, 0.15) is 0 Å². The number of benzene rings is 2. The lowest BCUT2D eigenvalue weighted by Crippen LogP contribution is -2.33. The molecular formula is C19H22N2O4. The third kappa shape index (κ3) is 5.53. The Labute approximate surface area is 147 Å². The van der Waals surface area contributed by atoms with Gasteiger partial charge in [0.25, 0.3) is 0 Å². The van der Waals surface area contributed by atoms with Gasteiger partial charge in [0.2, 0.25) is 11.8 Å². The van der Waals surface area contributed by atoms with Crippen LogP contribution in [0.2, 0.25) is 0 Å². The molecule has 0 atom stereocenters. The summed E-state index contributed by atoms with van der Waals surface area (Å²) in [4.78, 5) is 23.9. The number of carbonyl (C=O) groups excluding carboxylic acids is 2. The van der Waals surface area contributed by atoms with Gasteiger partial charge in [-0.25, -0.2) is 0 Å². The number of carbonyl (C=O) groups is 2. The van der Waals surface area contributed by atoms with E-state index in [1.165, 1.54) is 7.11 Å². The number of nitrogens with one attached hydrogen (secondary N) is 2. The molecule has 132 valence electrons. The molecule has 0 radical (unpaired) electrons. The molecule has 2 N–H and O–H groups in total. The molecule has 2 amide bonds. The minimum atomic E-state index is -0.272. The Morgan fingerprint density at radius 2 is 1.72 bits per heavy atom. The van der Waals surface area contributed by atoms with Crippen LogP contribution in [-0.2, 0) is 16.0 Å². The van der Waals surface area contributed by atoms with E-state index >= 15 is 0 Å². The zero-order chi connectivity index (χ0) is 18.2. The molecular weight excluding hydrogens is 320 g/mol. The van der Waals surface area contributed by atoms with E-state index in [0.29, 0.717) is 17.2 Å². The van der Waals surface area contributed by atoms with Crippen LogP contribution in [0.15, 0.2) is 42.5 Å². The molecule has 0 saturated heterocycles. The first-order valence-corrected chi connectivity index (χ1v) is 7.86. The summed E-state index contributed by atoms with van der Waals surface area (Å²) >= 11 is 0. The molecule has 0 saturated carbocycles. The molecule has 25 heavy (non-hydrogen) atoms. The molecule has 0 spiro atoms. The lowest BCUT2D eigenvalue weighted by Gasteiger charge is -2.10. The van der Waals surface area contributed by atoms with Crippen LogP contribution >= 0.6 is 0 Å². The van der Waals surface area contributed by atoms with Gasteiger partial charge in [-0.1, -0.05) is 18.2 Å². The van der Waals surface area contributed by atoms with Crippen molar-refractivity contribution in [3.05, 3.63) is 53.6 Å². The van der Waals surface area contributed by atoms with Crippen molar-refractivity contribution in [3.63, 3.8) is 0 Å². The molecule has 0 aromatic heterocycles. The highest BCUT2D eigenvalue weighted by molar-refractivity contribution is 5.94. The average Bonchev–Trinajstić information content (AvgIpc) is 2.60. The highest BCUT2D eigenvalue weighted by Crippen LogP contribution is 2.27. The Morgan fingerprint density at radius 3 is 2.40 bits per heavy atom. The van der Waals surface area contributed by atoms with E-state index in [-0.39, 0.29) is 24.8 Å². The van der Waals surface area contributed by atoms with Crippen LogP contribution in [0.3, 0.4) is 0 Å². The van der Waals surface area contributed by atoms with E-state index in [1.807, 2.05) is 25.1 Å². The van der Waals surface area contributed by atoms with Gasteiger partial charge >= 0.3 is 0 Å². The molecule has 2 rings (SSSR count). The maximum absolute atomic E-state index is 12.0. The summed E-state index contributed by atoms with van der Waals surface area (Å²) in [6.45, 7) is 1.86. The van der Waals surface area contributed by atoms with Gasteiger partial charge in [0.15, 0.2) is 11.5 Å². The number of hydrogen-bond acceptors (Lipinski definition) is 4. The summed E-state index contributed by atoms with van der Waals surface area (Å²) in [5, 5.41) is 5.35. The summed E-state index contributed by atoms with van der Waals surface area (Å²) in [5.41, 5.74) is 2.53. The van der Waals surface area contributed by atoms with Crippen LogP contribution in [0.1, 0.15) is 11.1 Å². The van der Waals surface area contributed by atoms with Gasteiger partial charge in [-0.15, -0.1) is 0 Å². The monoisotopic (exact) mass is 342 g/mol. The summed E-state index contributed by atoms with van der Waals surface area (Å²) in [7, 11) is 3.09. The Hall–Kier alpha value is -3.02. The number of hydrogen-bond donors (Lipinski definition) is 2. The zero-order valence-electron chi connectivity index (χ0n) is 14.6. The maximum Gasteiger partial charge on any atom is 0.243 e. The second kappa shape index (κ2) is 8.73. The Balaban J connectivity index is 1.85. The third-order valence-corrected chi connectivity index (χ3v) is 3.56. The van der Waals surface area contributed by atoms with Crippen molar-refractivity contribution in [3.8, 4) is 11.5 Å². The third-order valence-electron chi connectivity index (χ3n) is 3.56. The second-order valence-electron chi connectivity index (χ2n) is 5.56. The topological polar surface area (TPSA) is 76.7 Å². The number of rotatable bonds is 7. The summed E-state index contributed by atoms with van der Waals surface area (Å²) < 4.78 is 10.4. The predicted octanol–water partition coefficient (Wildman–Crippen LogP) is 2.31. The fourth-order valence-corrected chi connectivity index (χ4v) is 2.35. The zero-order valence-corrected chi connectivity index (χ0v) is 14.6. The Kier molecular flexibility index (Phi) is 6.39. The number of anilines is 1. The van der Waals surface area contributed by atoms with E-state index in [4.69, 9.17) is 9.47 Å². The second-order valence-corrected chi connectivity index (χ2v) is 5.56. The van der Waals surface area contributed by atoms with Crippen LogP contribution < -0.4 is 20.1 Å². The number of methoxy groups -OCH3 is 2. The quantitative estimate of drug-likeness (QED) is 0.809. The molecule has 2 aromatic rings. The minimum absolute atomic E-state index is 0.0833. The van der Waals surface area contributed by atoms with E-state index < -0.39 is 0 Å². The molecule has 0 aliphatic carbocycles. The summed E-state index contributed by atoms with van der Waals surface area (Å²) in [5.74, 6) is 0.645. The van der Waals surface area contributed by atoms with Crippen molar-refractivity contribution < 1.29 is 19.1 Å². The van der Waals surface area contributed by atoms with Gasteiger partial charge in [-0.2, -0.15) is 0 Å². The van der Waals surface area contributed by atoms with E-state index in [1.54, 1.807) is 31.4 Å². The Bertz CT molecular complexity index is 759. The van der Waals surface area contributed by atoms with Gasteiger partial charge in [0, 0.05) is 5.69 Å². The molecule has 0 bridgehead atoms. The summed E-state index contributed by atoms with van der Waals surface area (Å²) in [6.07, 6.45) is 0.151. The molecule has 0 heterocycles. The molecule has 2 aromatic carbocycles. The largest absolute Gasteiger partial charge is 0.493 e. The first-order valence-electron chi connectivity index (χ1n) is 7.86. The van der Waals surface area contributed by atoms with Crippen molar-refractivity contribution in [2.24, 2.45) is 0 Å². The van der Waals surface area contributed by atoms with Gasteiger partial charge < -0.3 is 20.1 Å². The van der Waals surface area contributed by atoms with Crippen molar-refractivity contribution >= 4 is 17.5 Å². The highest BCUT2D eigenvalue weighted by Gasteiger charge is 2.10. The van der Waals surface area contributed by atoms with Crippen molar-refractivity contribution in [1.29, 1.82) is 0 Å². The SMILES string of the molecule is COc1ccc(CC(=O)NCC(=O)Nc2cccc(C)c2)cc1OC. The average molecular weight is 342 g/mol. The highest BCUT2D eigenvalue weighted by atomic mass is 16.5. The van der Waals surface area contributed by atoms with Crippen LogP contribution in [-0.4, -0.2) is 32.6 Å². The normalized spacial score (nSPS) is 10.0. The van der Waals surface area contributed by atoms with Crippen molar-refractivity contribution in [2.75, 3.05) is 26.1 Å². The molecule has 6 heteroatoms. The van der Waals surface area contributed by atoms with Gasteiger partial charge in [-0.3, -0.25) is 9.59 Å². The van der Waals surface area contributed by atoms with Crippen LogP contribution in [0, 0.1) is 6.92 Å². The fourth-order valence-electron chi connectivity index (χ4n) is 2.35.